The number of hydrogen-bond acceptors (Lipinski definition) is 2. The highest BCUT2D eigenvalue weighted by Crippen LogP contribution is 2.05. The van der Waals surface area contributed by atoms with Gasteiger partial charge in [0.2, 0.25) is 5.91 Å². The van der Waals surface area contributed by atoms with Crippen LogP contribution in [0.3, 0.4) is 0 Å². The third kappa shape index (κ3) is 5.16. The lowest BCUT2D eigenvalue weighted by atomic mass is 10.1. The van der Waals surface area contributed by atoms with Gasteiger partial charge in [0.05, 0.1) is 0 Å². The monoisotopic (exact) mass is 192 g/mol. The number of carbonyl (C=O) groups is 1. The van der Waals surface area contributed by atoms with Crippen molar-refractivity contribution in [1.82, 2.24) is 4.90 Å². The predicted molar refractivity (Wildman–Crippen MR) is 53.3 cm³/mol. The van der Waals surface area contributed by atoms with E-state index in [9.17, 15) is 4.79 Å². The maximum absolute atomic E-state index is 10.6. The second-order valence-electron chi connectivity index (χ2n) is 2.98. The van der Waals surface area contributed by atoms with Crippen LogP contribution in [0.15, 0.2) is 12.2 Å². The minimum absolute atomic E-state index is 0. The highest BCUT2D eigenvalue weighted by Gasteiger charge is 2.09. The van der Waals surface area contributed by atoms with Crippen LogP contribution in [0.25, 0.3) is 0 Å². The van der Waals surface area contributed by atoms with Crippen molar-refractivity contribution in [3.63, 3.8) is 0 Å². The zero-order valence-electron chi connectivity index (χ0n) is 7.83. The van der Waals surface area contributed by atoms with E-state index in [0.717, 1.165) is 0 Å². The van der Waals surface area contributed by atoms with E-state index in [1.54, 1.807) is 0 Å². The van der Waals surface area contributed by atoms with Crippen LogP contribution in [0, 0.1) is 0 Å². The summed E-state index contributed by atoms with van der Waals surface area (Å²) in [5, 5.41) is 0. The van der Waals surface area contributed by atoms with E-state index in [0.29, 0.717) is 18.0 Å². The summed E-state index contributed by atoms with van der Waals surface area (Å²) < 4.78 is 0. The summed E-state index contributed by atoms with van der Waals surface area (Å²) in [4.78, 5) is 12.6. The Morgan fingerprint density at radius 3 is 2.25 bits per heavy atom. The van der Waals surface area contributed by atoms with E-state index < -0.39 is 5.91 Å². The molecule has 72 valence electrons. The molecule has 0 aromatic rings. The highest BCUT2D eigenvalue weighted by molar-refractivity contribution is 5.91. The molecule has 0 aliphatic rings. The van der Waals surface area contributed by atoms with Gasteiger partial charge in [-0.25, -0.2) is 0 Å². The molecule has 3 nitrogen and oxygen atoms in total. The third-order valence-electron chi connectivity index (χ3n) is 1.77. The first kappa shape index (κ1) is 14.0. The molecule has 0 rings (SSSR count). The second kappa shape index (κ2) is 6.03. The number of rotatable bonds is 4. The van der Waals surface area contributed by atoms with Crippen LogP contribution in [0.2, 0.25) is 0 Å². The van der Waals surface area contributed by atoms with E-state index in [4.69, 9.17) is 5.73 Å². The summed E-state index contributed by atoms with van der Waals surface area (Å²) >= 11 is 0. The number of hydrogen-bond donors (Lipinski definition) is 1. The van der Waals surface area contributed by atoms with Crippen molar-refractivity contribution in [2.24, 2.45) is 5.73 Å². The SMILES string of the molecule is C=C(CC(C)N(C)C)C(N)=O.Cl. The molecule has 1 unspecified atom stereocenters. The highest BCUT2D eigenvalue weighted by atomic mass is 35.5. The molecule has 0 aromatic heterocycles. The summed E-state index contributed by atoms with van der Waals surface area (Å²) in [6.45, 7) is 5.60. The number of halogens is 1. The minimum Gasteiger partial charge on any atom is -0.366 e. The van der Waals surface area contributed by atoms with Crippen LogP contribution in [-0.4, -0.2) is 30.9 Å². The molecule has 0 aromatic carbocycles. The number of carbonyl (C=O) groups excluding carboxylic acids is 1. The molecule has 2 N–H and O–H groups in total. The maximum Gasteiger partial charge on any atom is 0.244 e. The fraction of sp³-hybridized carbons (Fsp3) is 0.625. The van der Waals surface area contributed by atoms with Gasteiger partial charge in [0.25, 0.3) is 0 Å². The standard InChI is InChI=1S/C8H16N2O.ClH/c1-6(8(9)11)5-7(2)10(3)4;/h7H,1,5H2,2-4H3,(H2,9,11);1H. The summed E-state index contributed by atoms with van der Waals surface area (Å²) in [6, 6.07) is 0.315. The Bertz CT molecular complexity index is 168. The molecule has 0 aliphatic heterocycles. The lowest BCUT2D eigenvalue weighted by molar-refractivity contribution is -0.114. The Kier molecular flexibility index (Phi) is 7.04. The first-order chi connectivity index (χ1) is 4.95. The Morgan fingerprint density at radius 1 is 1.58 bits per heavy atom. The fourth-order valence-corrected chi connectivity index (χ4v) is 0.640. The third-order valence-corrected chi connectivity index (χ3v) is 1.77. The Balaban J connectivity index is 0. The van der Waals surface area contributed by atoms with Gasteiger partial charge in [0.1, 0.15) is 0 Å². The van der Waals surface area contributed by atoms with Crippen molar-refractivity contribution < 1.29 is 4.79 Å². The van der Waals surface area contributed by atoms with Gasteiger partial charge in [0, 0.05) is 11.6 Å². The topological polar surface area (TPSA) is 46.3 Å². The number of nitrogens with zero attached hydrogens (tertiary/aromatic N) is 1. The molecule has 0 aliphatic carbocycles. The average molecular weight is 193 g/mol. The van der Waals surface area contributed by atoms with Crippen molar-refractivity contribution >= 4 is 18.3 Å². The lowest BCUT2D eigenvalue weighted by Crippen LogP contribution is -2.27. The van der Waals surface area contributed by atoms with E-state index in [1.807, 2.05) is 25.9 Å². The fourth-order valence-electron chi connectivity index (χ4n) is 0.640. The van der Waals surface area contributed by atoms with Crippen molar-refractivity contribution in [2.75, 3.05) is 14.1 Å². The van der Waals surface area contributed by atoms with Gasteiger partial charge in [-0.2, -0.15) is 0 Å². The molecule has 4 heteroatoms. The van der Waals surface area contributed by atoms with Gasteiger partial charge in [-0.15, -0.1) is 12.4 Å². The van der Waals surface area contributed by atoms with E-state index in [1.165, 1.54) is 0 Å². The number of amides is 1. The van der Waals surface area contributed by atoms with Gasteiger partial charge in [-0.3, -0.25) is 4.79 Å². The van der Waals surface area contributed by atoms with E-state index >= 15 is 0 Å². The second-order valence-corrected chi connectivity index (χ2v) is 2.98. The predicted octanol–water partition coefficient (Wildman–Crippen LogP) is 0.790. The summed E-state index contributed by atoms with van der Waals surface area (Å²) in [5.74, 6) is -0.404. The number of nitrogens with two attached hydrogens (primary N) is 1. The molecule has 0 saturated heterocycles. The Hall–Kier alpha value is -0.540. The van der Waals surface area contributed by atoms with E-state index in [2.05, 4.69) is 6.58 Å². The largest absolute Gasteiger partial charge is 0.366 e. The molecule has 0 spiro atoms. The first-order valence-corrected chi connectivity index (χ1v) is 3.59. The van der Waals surface area contributed by atoms with Gasteiger partial charge >= 0.3 is 0 Å². The molecule has 0 saturated carbocycles. The lowest BCUT2D eigenvalue weighted by Gasteiger charge is -2.19. The zero-order valence-corrected chi connectivity index (χ0v) is 8.65. The maximum atomic E-state index is 10.6. The molecule has 1 amide bonds. The molecular formula is C8H17ClN2O. The van der Waals surface area contributed by atoms with Crippen LogP contribution < -0.4 is 5.73 Å². The van der Waals surface area contributed by atoms with Crippen molar-refractivity contribution in [3.8, 4) is 0 Å². The van der Waals surface area contributed by atoms with Crippen molar-refractivity contribution in [1.29, 1.82) is 0 Å². The molecular weight excluding hydrogens is 176 g/mol. The van der Waals surface area contributed by atoms with E-state index in [-0.39, 0.29) is 12.4 Å². The van der Waals surface area contributed by atoms with Crippen LogP contribution in [0.5, 0.6) is 0 Å². The molecule has 0 radical (unpaired) electrons. The molecule has 0 bridgehead atoms. The van der Waals surface area contributed by atoms with Gasteiger partial charge in [-0.05, 0) is 27.4 Å². The quantitative estimate of drug-likeness (QED) is 0.670. The van der Waals surface area contributed by atoms with Crippen LogP contribution in [0.4, 0.5) is 0 Å². The molecule has 0 fully saturated rings. The van der Waals surface area contributed by atoms with Crippen molar-refractivity contribution in [2.45, 2.75) is 19.4 Å². The number of primary amides is 1. The van der Waals surface area contributed by atoms with Gasteiger partial charge in [-0.1, -0.05) is 6.58 Å². The normalized spacial score (nSPS) is 12.0. The van der Waals surface area contributed by atoms with Gasteiger partial charge in [0.15, 0.2) is 0 Å². The average Bonchev–Trinajstić information content (AvgIpc) is 1.87. The Morgan fingerprint density at radius 2 is 2.00 bits per heavy atom. The molecule has 0 heterocycles. The van der Waals surface area contributed by atoms with Gasteiger partial charge < -0.3 is 10.6 Å². The zero-order chi connectivity index (χ0) is 9.02. The van der Waals surface area contributed by atoms with Crippen molar-refractivity contribution in [3.05, 3.63) is 12.2 Å². The molecule has 12 heavy (non-hydrogen) atoms. The summed E-state index contributed by atoms with van der Waals surface area (Å²) in [5.41, 5.74) is 5.52. The summed E-state index contributed by atoms with van der Waals surface area (Å²) in [6.07, 6.45) is 0.641. The van der Waals surface area contributed by atoms with Crippen LogP contribution >= 0.6 is 12.4 Å². The van der Waals surface area contributed by atoms with Crippen LogP contribution in [-0.2, 0) is 4.79 Å². The molecule has 1 atom stereocenters. The smallest absolute Gasteiger partial charge is 0.244 e. The summed E-state index contributed by atoms with van der Waals surface area (Å²) in [7, 11) is 3.91. The minimum atomic E-state index is -0.404. The first-order valence-electron chi connectivity index (χ1n) is 3.59. The van der Waals surface area contributed by atoms with Crippen LogP contribution in [0.1, 0.15) is 13.3 Å². The Labute approximate surface area is 80.0 Å².